The summed E-state index contributed by atoms with van der Waals surface area (Å²) in [5.41, 5.74) is 4.00. The molecule has 4 aromatic rings. The first-order valence-electron chi connectivity index (χ1n) is 10.7. The largest absolute Gasteiger partial charge is 0.484 e. The maximum atomic E-state index is 13.0. The normalized spacial score (nSPS) is 13.7. The van der Waals surface area contributed by atoms with Gasteiger partial charge in [-0.25, -0.2) is 4.39 Å². The van der Waals surface area contributed by atoms with Crippen LogP contribution in [0.25, 0.3) is 5.69 Å². The Morgan fingerprint density at radius 2 is 1.70 bits per heavy atom. The van der Waals surface area contributed by atoms with Gasteiger partial charge in [0, 0.05) is 35.7 Å². The number of carbonyl (C=O) groups is 1. The highest BCUT2D eigenvalue weighted by Crippen LogP contribution is 2.27. The van der Waals surface area contributed by atoms with E-state index in [2.05, 4.69) is 40.7 Å². The van der Waals surface area contributed by atoms with Crippen LogP contribution < -0.4 is 4.74 Å². The highest BCUT2D eigenvalue weighted by molar-refractivity contribution is 5.95. The lowest BCUT2D eigenvalue weighted by atomic mass is 9.98. The highest BCUT2D eigenvalue weighted by Gasteiger charge is 2.35. The highest BCUT2D eigenvalue weighted by atomic mass is 19.1. The maximum Gasteiger partial charge on any atom is 0.264 e. The minimum Gasteiger partial charge on any atom is -0.484 e. The second-order valence-electron chi connectivity index (χ2n) is 8.19. The average Bonchev–Trinajstić information content (AvgIpc) is 3.38. The molecule has 1 amide bonds. The van der Waals surface area contributed by atoms with Crippen LogP contribution in [0.3, 0.4) is 0 Å². The standard InChI is InChI=1S/C25H23FN4O3/c1-16-3-4-17(2)30(16)21-9-5-18(6-10-21)25(31)29-13-19(14-29)24-27-23(33-28-24)15-32-22-11-7-20(26)8-12-22/h3-12,19H,13-15H2,1-2H3. The molecule has 1 saturated heterocycles. The van der Waals surface area contributed by atoms with Gasteiger partial charge in [0.15, 0.2) is 12.4 Å². The number of amides is 1. The van der Waals surface area contributed by atoms with Gasteiger partial charge in [-0.15, -0.1) is 0 Å². The summed E-state index contributed by atoms with van der Waals surface area (Å²) < 4.78 is 25.9. The van der Waals surface area contributed by atoms with E-state index in [4.69, 9.17) is 9.26 Å². The van der Waals surface area contributed by atoms with Crippen molar-refractivity contribution < 1.29 is 18.4 Å². The van der Waals surface area contributed by atoms with Crippen LogP contribution in [0.2, 0.25) is 0 Å². The third-order valence-corrected chi connectivity index (χ3v) is 5.84. The molecule has 33 heavy (non-hydrogen) atoms. The van der Waals surface area contributed by atoms with E-state index in [1.807, 2.05) is 24.3 Å². The fraction of sp³-hybridized carbons (Fsp3) is 0.240. The van der Waals surface area contributed by atoms with E-state index in [1.165, 1.54) is 24.3 Å². The lowest BCUT2D eigenvalue weighted by Crippen LogP contribution is -2.48. The number of carbonyl (C=O) groups excluding carboxylic acids is 1. The van der Waals surface area contributed by atoms with Gasteiger partial charge in [-0.3, -0.25) is 4.79 Å². The molecule has 7 nitrogen and oxygen atoms in total. The number of aryl methyl sites for hydroxylation is 2. The van der Waals surface area contributed by atoms with E-state index < -0.39 is 0 Å². The van der Waals surface area contributed by atoms with Gasteiger partial charge in [0.05, 0.1) is 5.92 Å². The van der Waals surface area contributed by atoms with Crippen LogP contribution in [0.15, 0.2) is 65.2 Å². The fourth-order valence-electron chi connectivity index (χ4n) is 3.99. The molecule has 0 bridgehead atoms. The van der Waals surface area contributed by atoms with Crippen molar-refractivity contribution in [1.29, 1.82) is 0 Å². The van der Waals surface area contributed by atoms with E-state index in [0.717, 1.165) is 17.1 Å². The van der Waals surface area contributed by atoms with Crippen LogP contribution in [-0.4, -0.2) is 38.6 Å². The summed E-state index contributed by atoms with van der Waals surface area (Å²) in [6.07, 6.45) is 0. The Bertz CT molecular complexity index is 1250. The molecule has 5 rings (SSSR count). The van der Waals surface area contributed by atoms with E-state index >= 15 is 0 Å². The molecule has 2 aromatic heterocycles. The molecule has 0 saturated carbocycles. The fourth-order valence-corrected chi connectivity index (χ4v) is 3.99. The van der Waals surface area contributed by atoms with Crippen LogP contribution in [0.1, 0.15) is 39.4 Å². The second kappa shape index (κ2) is 8.54. The van der Waals surface area contributed by atoms with Gasteiger partial charge in [-0.2, -0.15) is 4.98 Å². The Balaban J connectivity index is 1.16. The molecular weight excluding hydrogens is 423 g/mol. The number of likely N-dealkylation sites (tertiary alicyclic amines) is 1. The number of hydrogen-bond donors (Lipinski definition) is 0. The molecule has 0 unspecified atom stereocenters. The molecule has 8 heteroatoms. The SMILES string of the molecule is Cc1ccc(C)n1-c1ccc(C(=O)N2CC(c3noc(COc4ccc(F)cc4)n3)C2)cc1. The van der Waals surface area contributed by atoms with E-state index in [1.54, 1.807) is 4.90 Å². The Labute approximate surface area is 190 Å². The first-order chi connectivity index (χ1) is 16.0. The molecule has 0 radical (unpaired) electrons. The molecule has 1 fully saturated rings. The van der Waals surface area contributed by atoms with E-state index in [-0.39, 0.29) is 24.2 Å². The molecule has 0 atom stereocenters. The average molecular weight is 446 g/mol. The number of rotatable bonds is 6. The van der Waals surface area contributed by atoms with Gasteiger partial charge in [0.2, 0.25) is 0 Å². The zero-order valence-corrected chi connectivity index (χ0v) is 18.4. The van der Waals surface area contributed by atoms with Crippen molar-refractivity contribution >= 4 is 5.91 Å². The van der Waals surface area contributed by atoms with Crippen LogP contribution in [-0.2, 0) is 6.61 Å². The molecule has 0 aliphatic carbocycles. The molecule has 3 heterocycles. The van der Waals surface area contributed by atoms with Crippen LogP contribution in [0, 0.1) is 19.7 Å². The third-order valence-electron chi connectivity index (χ3n) is 5.84. The monoisotopic (exact) mass is 446 g/mol. The maximum absolute atomic E-state index is 13.0. The zero-order chi connectivity index (χ0) is 22.9. The summed E-state index contributed by atoms with van der Waals surface area (Å²) in [5, 5.41) is 4.02. The Morgan fingerprint density at radius 3 is 2.36 bits per heavy atom. The Hall–Kier alpha value is -3.94. The second-order valence-corrected chi connectivity index (χ2v) is 8.19. The predicted octanol–water partition coefficient (Wildman–Crippen LogP) is 4.43. The van der Waals surface area contributed by atoms with E-state index in [9.17, 15) is 9.18 Å². The lowest BCUT2D eigenvalue weighted by Gasteiger charge is -2.37. The molecule has 0 spiro atoms. The van der Waals surface area contributed by atoms with Crippen molar-refractivity contribution in [2.24, 2.45) is 0 Å². The van der Waals surface area contributed by atoms with Gasteiger partial charge >= 0.3 is 0 Å². The molecule has 168 valence electrons. The Morgan fingerprint density at radius 1 is 1.03 bits per heavy atom. The number of ether oxygens (including phenoxy) is 1. The summed E-state index contributed by atoms with van der Waals surface area (Å²) in [6, 6.07) is 17.5. The minimum absolute atomic E-state index is 0.0119. The summed E-state index contributed by atoms with van der Waals surface area (Å²) in [4.78, 5) is 19.0. The van der Waals surface area contributed by atoms with Crippen molar-refractivity contribution in [2.45, 2.75) is 26.4 Å². The number of halogens is 1. The van der Waals surface area contributed by atoms with Gasteiger partial charge in [0.1, 0.15) is 11.6 Å². The minimum atomic E-state index is -0.325. The predicted molar refractivity (Wildman–Crippen MR) is 119 cm³/mol. The van der Waals surface area contributed by atoms with Gasteiger partial charge in [0.25, 0.3) is 11.8 Å². The summed E-state index contributed by atoms with van der Waals surface area (Å²) >= 11 is 0. The van der Waals surface area contributed by atoms with Crippen molar-refractivity contribution in [3.63, 3.8) is 0 Å². The molecule has 2 aromatic carbocycles. The first-order valence-corrected chi connectivity index (χ1v) is 10.7. The lowest BCUT2D eigenvalue weighted by molar-refractivity contribution is 0.0592. The van der Waals surface area contributed by atoms with Gasteiger partial charge < -0.3 is 18.7 Å². The van der Waals surface area contributed by atoms with Crippen LogP contribution in [0.4, 0.5) is 4.39 Å². The number of hydrogen-bond acceptors (Lipinski definition) is 5. The van der Waals surface area contributed by atoms with Crippen LogP contribution in [0.5, 0.6) is 5.75 Å². The molecule has 1 aliphatic heterocycles. The van der Waals surface area contributed by atoms with Crippen molar-refractivity contribution in [1.82, 2.24) is 19.6 Å². The van der Waals surface area contributed by atoms with Crippen molar-refractivity contribution in [2.75, 3.05) is 13.1 Å². The first kappa shape index (κ1) is 20.9. The topological polar surface area (TPSA) is 73.4 Å². The third kappa shape index (κ3) is 4.24. The van der Waals surface area contributed by atoms with Crippen LogP contribution >= 0.6 is 0 Å². The van der Waals surface area contributed by atoms with Gasteiger partial charge in [-0.1, -0.05) is 5.16 Å². The van der Waals surface area contributed by atoms with Crippen molar-refractivity contribution in [3.05, 3.63) is 95.1 Å². The molecule has 0 N–H and O–H groups in total. The summed E-state index contributed by atoms with van der Waals surface area (Å²) in [6.45, 7) is 5.29. The number of nitrogens with zero attached hydrogens (tertiary/aromatic N) is 4. The molecule has 1 aliphatic rings. The Kier molecular flexibility index (Phi) is 5.42. The van der Waals surface area contributed by atoms with Crippen molar-refractivity contribution in [3.8, 4) is 11.4 Å². The smallest absolute Gasteiger partial charge is 0.264 e. The van der Waals surface area contributed by atoms with E-state index in [0.29, 0.717) is 36.1 Å². The number of aromatic nitrogens is 3. The quantitative estimate of drug-likeness (QED) is 0.438. The molecular formula is C25H23FN4O3. The summed E-state index contributed by atoms with van der Waals surface area (Å²) in [5.74, 6) is 1.11. The number of benzene rings is 2. The zero-order valence-electron chi connectivity index (χ0n) is 18.4. The summed E-state index contributed by atoms with van der Waals surface area (Å²) in [7, 11) is 0. The van der Waals surface area contributed by atoms with Gasteiger partial charge in [-0.05, 0) is 74.5 Å².